The monoisotopic (exact) mass is 780 g/mol. The second-order valence-corrected chi connectivity index (χ2v) is 15.6. The van der Waals surface area contributed by atoms with Gasteiger partial charge in [0, 0.05) is 86.5 Å². The Hall–Kier alpha value is -6.94. The van der Waals surface area contributed by atoms with Crippen molar-refractivity contribution in [3.8, 4) is 0 Å². The number of ether oxygens (including phenoxy) is 1. The van der Waals surface area contributed by atoms with Gasteiger partial charge < -0.3 is 19.0 Å². The minimum absolute atomic E-state index is 0.316. The molecule has 1 N–H and O–H groups in total. The van der Waals surface area contributed by atoms with Gasteiger partial charge in [0.25, 0.3) is 0 Å². The Balaban J connectivity index is 0.000000152. The lowest BCUT2D eigenvalue weighted by Crippen LogP contribution is -2.09. The minimum atomic E-state index is -0.904. The number of hydrogen-bond acceptors (Lipinski definition) is 7. The summed E-state index contributed by atoms with van der Waals surface area (Å²) in [7, 11) is 1.42. The number of pyridine rings is 4. The molecular formula is C49H44N6O4. The largest absolute Gasteiger partial charge is 0.478 e. The molecule has 10 rings (SSSR count). The number of carbonyl (C=O) groups is 2. The third kappa shape index (κ3) is 8.67. The van der Waals surface area contributed by atoms with E-state index in [1.165, 1.54) is 36.4 Å². The fraction of sp³-hybridized carbons (Fsp3) is 0.224. The van der Waals surface area contributed by atoms with Gasteiger partial charge in [-0.15, -0.1) is 0 Å². The number of aromatic carboxylic acids is 1. The Labute approximate surface area is 342 Å². The number of methoxy groups -OCH3 is 1. The lowest BCUT2D eigenvalue weighted by Gasteiger charge is -2.10. The molecule has 59 heavy (non-hydrogen) atoms. The van der Waals surface area contributed by atoms with Gasteiger partial charge in [-0.2, -0.15) is 0 Å². The molecule has 0 atom stereocenters. The van der Waals surface area contributed by atoms with Gasteiger partial charge in [0.15, 0.2) is 0 Å². The van der Waals surface area contributed by atoms with Crippen LogP contribution in [-0.4, -0.2) is 53.2 Å². The number of carboxylic acid groups (broad SMARTS) is 1. The van der Waals surface area contributed by atoms with Crippen molar-refractivity contribution in [3.63, 3.8) is 0 Å². The van der Waals surface area contributed by atoms with Crippen molar-refractivity contribution >= 4 is 33.7 Å². The highest BCUT2D eigenvalue weighted by Gasteiger charge is 2.27. The van der Waals surface area contributed by atoms with E-state index in [0.717, 1.165) is 70.3 Å². The summed E-state index contributed by atoms with van der Waals surface area (Å²) in [6.45, 7) is 1.55. The normalized spacial score (nSPS) is 13.6. The van der Waals surface area contributed by atoms with E-state index in [-0.39, 0.29) is 5.97 Å². The summed E-state index contributed by atoms with van der Waals surface area (Å²) in [5.41, 5.74) is 11.3. The van der Waals surface area contributed by atoms with Gasteiger partial charge in [-0.05, 0) is 142 Å². The number of fused-ring (bicyclic) bond motifs is 2. The van der Waals surface area contributed by atoms with E-state index in [2.05, 4.69) is 102 Å². The third-order valence-electron chi connectivity index (χ3n) is 11.3. The smallest absolute Gasteiger partial charge is 0.339 e. The molecule has 2 saturated carbocycles. The van der Waals surface area contributed by atoms with Crippen LogP contribution in [0.4, 0.5) is 0 Å². The Morgan fingerprint density at radius 1 is 0.627 bits per heavy atom. The summed E-state index contributed by atoms with van der Waals surface area (Å²) in [6, 6.07) is 28.7. The maximum atomic E-state index is 12.3. The van der Waals surface area contributed by atoms with Crippen molar-refractivity contribution in [2.75, 3.05) is 7.11 Å². The van der Waals surface area contributed by atoms with Gasteiger partial charge in [-0.25, -0.2) is 9.59 Å². The molecule has 2 aliphatic carbocycles. The van der Waals surface area contributed by atoms with Crippen LogP contribution in [0.1, 0.15) is 103 Å². The molecule has 6 heterocycles. The molecule has 10 nitrogen and oxygen atoms in total. The number of carbonyl (C=O) groups excluding carboxylic acids is 1. The zero-order valence-electron chi connectivity index (χ0n) is 32.9. The number of esters is 1. The average Bonchev–Trinajstić information content (AvgIpc) is 4.21. The number of carboxylic acids is 1. The van der Waals surface area contributed by atoms with E-state index in [9.17, 15) is 14.7 Å². The molecule has 2 fully saturated rings. The third-order valence-corrected chi connectivity index (χ3v) is 11.3. The van der Waals surface area contributed by atoms with Crippen LogP contribution in [0.3, 0.4) is 0 Å². The second kappa shape index (κ2) is 16.5. The summed E-state index contributed by atoms with van der Waals surface area (Å²) in [5.74, 6) is -0.182. The highest BCUT2D eigenvalue weighted by molar-refractivity contribution is 5.91. The maximum absolute atomic E-state index is 12.3. The van der Waals surface area contributed by atoms with Crippen LogP contribution in [-0.2, 0) is 30.7 Å². The fourth-order valence-corrected chi connectivity index (χ4v) is 7.81. The maximum Gasteiger partial charge on any atom is 0.339 e. The van der Waals surface area contributed by atoms with Gasteiger partial charge in [-0.1, -0.05) is 24.3 Å². The number of nitrogens with zero attached hydrogens (tertiary/aromatic N) is 6. The fourth-order valence-electron chi connectivity index (χ4n) is 7.81. The first-order chi connectivity index (χ1) is 28.9. The molecule has 8 aromatic rings. The number of benzene rings is 2. The molecule has 10 heteroatoms. The van der Waals surface area contributed by atoms with E-state index < -0.39 is 5.97 Å². The van der Waals surface area contributed by atoms with Crippen LogP contribution >= 0.6 is 0 Å². The molecule has 0 aliphatic heterocycles. The number of hydrogen-bond donors (Lipinski definition) is 1. The van der Waals surface area contributed by atoms with Crippen molar-refractivity contribution in [1.82, 2.24) is 29.1 Å². The summed E-state index contributed by atoms with van der Waals surface area (Å²) >= 11 is 0. The number of aromatic nitrogens is 6. The molecule has 2 aliphatic rings. The van der Waals surface area contributed by atoms with Gasteiger partial charge in [0.2, 0.25) is 0 Å². The first-order valence-corrected chi connectivity index (χ1v) is 20.1. The lowest BCUT2D eigenvalue weighted by molar-refractivity contribution is 0.0598. The first-order valence-electron chi connectivity index (χ1n) is 20.1. The van der Waals surface area contributed by atoms with Gasteiger partial charge >= 0.3 is 11.9 Å². The zero-order valence-corrected chi connectivity index (χ0v) is 32.9. The Bertz CT molecular complexity index is 2790. The summed E-state index contributed by atoms with van der Waals surface area (Å²) in [6.07, 6.45) is 21.0. The predicted octanol–water partition coefficient (Wildman–Crippen LogP) is 9.38. The topological polar surface area (TPSA) is 125 Å². The Morgan fingerprint density at radius 3 is 1.56 bits per heavy atom. The lowest BCUT2D eigenvalue weighted by atomic mass is 10.0. The summed E-state index contributed by atoms with van der Waals surface area (Å²) in [4.78, 5) is 41.6. The molecule has 2 aromatic carbocycles. The Morgan fingerprint density at radius 2 is 1.12 bits per heavy atom. The molecule has 0 amide bonds. The van der Waals surface area contributed by atoms with Crippen molar-refractivity contribution in [2.45, 2.75) is 63.5 Å². The summed E-state index contributed by atoms with van der Waals surface area (Å²) in [5, 5.41) is 11.9. The predicted molar refractivity (Wildman–Crippen MR) is 227 cm³/mol. The van der Waals surface area contributed by atoms with Gasteiger partial charge in [0.1, 0.15) is 0 Å². The molecule has 0 saturated heterocycles. The van der Waals surface area contributed by atoms with Gasteiger partial charge in [-0.3, -0.25) is 19.9 Å². The molecule has 0 unspecified atom stereocenters. The highest BCUT2D eigenvalue weighted by atomic mass is 16.5. The van der Waals surface area contributed by atoms with Crippen molar-refractivity contribution in [3.05, 3.63) is 190 Å². The van der Waals surface area contributed by atoms with Gasteiger partial charge in [0.05, 0.1) is 29.6 Å². The Kier molecular flexibility index (Phi) is 10.5. The van der Waals surface area contributed by atoms with E-state index in [4.69, 9.17) is 4.74 Å². The van der Waals surface area contributed by atoms with E-state index in [1.807, 2.05) is 49.1 Å². The second-order valence-electron chi connectivity index (χ2n) is 15.6. The van der Waals surface area contributed by atoms with Crippen molar-refractivity contribution in [1.29, 1.82) is 0 Å². The van der Waals surface area contributed by atoms with Crippen LogP contribution in [0.25, 0.3) is 21.8 Å². The molecule has 0 spiro atoms. The van der Waals surface area contributed by atoms with E-state index in [1.54, 1.807) is 12.4 Å². The first kappa shape index (κ1) is 37.6. The van der Waals surface area contributed by atoms with E-state index in [0.29, 0.717) is 41.5 Å². The highest BCUT2D eigenvalue weighted by Crippen LogP contribution is 2.41. The summed E-state index contributed by atoms with van der Waals surface area (Å²) < 4.78 is 9.43. The quantitative estimate of drug-likeness (QED) is 0.122. The SMILES string of the molecule is COC(=O)c1cc(C2CC2)cnc1Cc1ccc2c(ccn2Cc2cccnc2)c1.O=C(O)c1cc(C2CC2)cnc1Cc1ccc2c(ccn2Cc2cccnc2)c1. The molecule has 0 bridgehead atoms. The molecular weight excluding hydrogens is 737 g/mol. The zero-order chi connectivity index (χ0) is 40.3. The van der Waals surface area contributed by atoms with Crippen LogP contribution in [0.15, 0.2) is 135 Å². The molecule has 0 radical (unpaired) electrons. The van der Waals surface area contributed by atoms with Crippen molar-refractivity contribution < 1.29 is 19.4 Å². The molecule has 6 aromatic heterocycles. The van der Waals surface area contributed by atoms with E-state index >= 15 is 0 Å². The average molecular weight is 781 g/mol. The molecule has 294 valence electrons. The minimum Gasteiger partial charge on any atom is -0.478 e. The van der Waals surface area contributed by atoms with Crippen molar-refractivity contribution in [2.24, 2.45) is 0 Å². The van der Waals surface area contributed by atoms with Crippen LogP contribution < -0.4 is 0 Å². The standard InChI is InChI=1S/C25H23N3O2.C24H21N3O2/c1-30-25(29)22-13-21(19-5-6-19)15-27-23(22)12-17-4-7-24-20(11-17)8-10-28(24)16-18-3-2-9-26-14-18;28-24(29)21-12-20(18-4-5-18)14-26-22(21)11-16-3-6-23-19(10-16)7-9-27(23)15-17-2-1-8-25-13-17/h2-4,7-11,13-15,19H,5-6,12,16H2,1H3;1-3,6-10,12-14,18H,4-5,11,15H2,(H,28,29). The van der Waals surface area contributed by atoms with Crippen LogP contribution in [0, 0.1) is 0 Å². The van der Waals surface area contributed by atoms with Crippen LogP contribution in [0.2, 0.25) is 0 Å². The van der Waals surface area contributed by atoms with Crippen LogP contribution in [0.5, 0.6) is 0 Å². The number of rotatable bonds is 12.